The quantitative estimate of drug-likeness (QED) is 0.567. The van der Waals surface area contributed by atoms with Gasteiger partial charge in [-0.2, -0.15) is 0 Å². The molecule has 1 saturated heterocycles. The summed E-state index contributed by atoms with van der Waals surface area (Å²) in [5.41, 5.74) is 1.07. The highest BCUT2D eigenvalue weighted by Gasteiger charge is 2.31. The minimum Gasteiger partial charge on any atom is -0.305 e. The molecular weight excluding hydrogens is 398 g/mol. The average Bonchev–Trinajstić information content (AvgIpc) is 3.26. The minimum atomic E-state index is -0.0983. The van der Waals surface area contributed by atoms with Crippen LogP contribution < -0.4 is 5.32 Å². The van der Waals surface area contributed by atoms with Crippen LogP contribution in [0.15, 0.2) is 52.4 Å². The molecule has 0 saturated carbocycles. The van der Waals surface area contributed by atoms with E-state index in [1.165, 1.54) is 11.8 Å². The number of aliphatic imine (C=N–C) groups is 1. The monoisotopic (exact) mass is 417 g/mol. The molecule has 8 heteroatoms. The number of thiocarbonyl (C=S) groups is 1. The van der Waals surface area contributed by atoms with Crippen molar-refractivity contribution in [3.05, 3.63) is 53.0 Å². The van der Waals surface area contributed by atoms with Crippen molar-refractivity contribution < 1.29 is 9.59 Å². The highest BCUT2D eigenvalue weighted by atomic mass is 32.2. The first-order valence-corrected chi connectivity index (χ1v) is 10.8. The van der Waals surface area contributed by atoms with Gasteiger partial charge in [0.2, 0.25) is 5.91 Å². The standard InChI is InChI=1S/C19H19N3O2S3/c23-16(21-18-20-11-13-26-18)10-5-12-22-17(24)15(27-19(22)25)9-4-8-14-6-2-1-3-7-14/h1-4,6-9H,5,10-13H2,(H,20,21,23). The molecule has 0 unspecified atom stereocenters. The molecule has 0 spiro atoms. The summed E-state index contributed by atoms with van der Waals surface area (Å²) >= 11 is 8.16. The highest BCUT2D eigenvalue weighted by Crippen LogP contribution is 2.31. The third kappa shape index (κ3) is 5.79. The maximum atomic E-state index is 12.5. The predicted octanol–water partition coefficient (Wildman–Crippen LogP) is 3.44. The minimum absolute atomic E-state index is 0.0741. The van der Waals surface area contributed by atoms with Gasteiger partial charge in [-0.3, -0.25) is 19.5 Å². The smallest absolute Gasteiger partial charge is 0.266 e. The Morgan fingerprint density at radius 1 is 1.33 bits per heavy atom. The summed E-state index contributed by atoms with van der Waals surface area (Å²) in [6, 6.07) is 9.88. The van der Waals surface area contributed by atoms with Crippen LogP contribution in [0, 0.1) is 0 Å². The van der Waals surface area contributed by atoms with E-state index < -0.39 is 0 Å². The van der Waals surface area contributed by atoms with E-state index in [2.05, 4.69) is 10.3 Å². The van der Waals surface area contributed by atoms with E-state index in [9.17, 15) is 9.59 Å². The fourth-order valence-electron chi connectivity index (χ4n) is 2.51. The number of carbonyl (C=O) groups is 2. The second kappa shape index (κ2) is 9.87. The second-order valence-corrected chi connectivity index (χ2v) is 8.57. The van der Waals surface area contributed by atoms with Gasteiger partial charge in [-0.25, -0.2) is 0 Å². The number of benzene rings is 1. The highest BCUT2D eigenvalue weighted by molar-refractivity contribution is 8.26. The van der Waals surface area contributed by atoms with E-state index in [1.807, 2.05) is 42.5 Å². The van der Waals surface area contributed by atoms with Gasteiger partial charge < -0.3 is 5.32 Å². The number of thioether (sulfide) groups is 2. The predicted molar refractivity (Wildman–Crippen MR) is 118 cm³/mol. The van der Waals surface area contributed by atoms with Crippen LogP contribution >= 0.6 is 35.7 Å². The molecule has 0 bridgehead atoms. The van der Waals surface area contributed by atoms with Gasteiger partial charge in [-0.15, -0.1) is 0 Å². The molecule has 0 aliphatic carbocycles. The summed E-state index contributed by atoms with van der Waals surface area (Å²) < 4.78 is 0.537. The fourth-order valence-corrected chi connectivity index (χ4v) is 4.51. The number of nitrogens with zero attached hydrogens (tertiary/aromatic N) is 2. The topological polar surface area (TPSA) is 61.8 Å². The van der Waals surface area contributed by atoms with Crippen LogP contribution in [-0.4, -0.2) is 45.0 Å². The van der Waals surface area contributed by atoms with Crippen molar-refractivity contribution in [2.45, 2.75) is 12.8 Å². The van der Waals surface area contributed by atoms with Gasteiger partial charge in [0.1, 0.15) is 4.32 Å². The zero-order valence-electron chi connectivity index (χ0n) is 14.6. The van der Waals surface area contributed by atoms with Gasteiger partial charge in [-0.1, -0.05) is 78.2 Å². The molecule has 2 heterocycles. The first kappa shape index (κ1) is 19.9. The summed E-state index contributed by atoms with van der Waals surface area (Å²) in [4.78, 5) is 30.8. The number of hydrogen-bond acceptors (Lipinski definition) is 6. The van der Waals surface area contributed by atoms with Gasteiger partial charge in [0.05, 0.1) is 11.4 Å². The van der Waals surface area contributed by atoms with Crippen molar-refractivity contribution >= 4 is 63.1 Å². The van der Waals surface area contributed by atoms with Crippen LogP contribution in [0.3, 0.4) is 0 Å². The maximum Gasteiger partial charge on any atom is 0.266 e. The third-order valence-corrected chi connectivity index (χ3v) is 6.11. The van der Waals surface area contributed by atoms with Crippen LogP contribution in [0.4, 0.5) is 0 Å². The number of rotatable bonds is 6. The first-order chi connectivity index (χ1) is 13.1. The van der Waals surface area contributed by atoms with Crippen LogP contribution in [0.5, 0.6) is 0 Å². The molecule has 0 aromatic heterocycles. The van der Waals surface area contributed by atoms with E-state index in [0.29, 0.717) is 33.8 Å². The normalized spacial score (nSPS) is 18.6. The van der Waals surface area contributed by atoms with E-state index in [1.54, 1.807) is 22.7 Å². The zero-order chi connectivity index (χ0) is 19.1. The van der Waals surface area contributed by atoms with Crippen LogP contribution in [-0.2, 0) is 9.59 Å². The first-order valence-electron chi connectivity index (χ1n) is 8.57. The Morgan fingerprint density at radius 2 is 2.15 bits per heavy atom. The van der Waals surface area contributed by atoms with Crippen molar-refractivity contribution in [3.8, 4) is 0 Å². The molecule has 5 nitrogen and oxygen atoms in total. The lowest BCUT2D eigenvalue weighted by atomic mass is 10.2. The Balaban J connectivity index is 1.48. The van der Waals surface area contributed by atoms with E-state index >= 15 is 0 Å². The van der Waals surface area contributed by atoms with Crippen molar-refractivity contribution in [1.29, 1.82) is 0 Å². The molecular formula is C19H19N3O2S3. The van der Waals surface area contributed by atoms with E-state index in [4.69, 9.17) is 12.2 Å². The summed E-state index contributed by atoms with van der Waals surface area (Å²) in [7, 11) is 0. The number of carbonyl (C=O) groups excluding carboxylic acids is 2. The van der Waals surface area contributed by atoms with Crippen LogP contribution in [0.1, 0.15) is 18.4 Å². The van der Waals surface area contributed by atoms with Crippen molar-refractivity contribution in [3.63, 3.8) is 0 Å². The second-order valence-electron chi connectivity index (χ2n) is 5.81. The number of amides is 2. The molecule has 27 heavy (non-hydrogen) atoms. The number of allylic oxidation sites excluding steroid dienone is 2. The SMILES string of the molecule is O=C(CCCN1C(=O)C(=CC=Cc2ccccc2)SC1=S)NC1=NCCS1. The van der Waals surface area contributed by atoms with E-state index in [0.717, 1.165) is 17.9 Å². The molecule has 0 atom stereocenters. The molecule has 1 aromatic rings. The largest absolute Gasteiger partial charge is 0.305 e. The van der Waals surface area contributed by atoms with E-state index in [-0.39, 0.29) is 11.8 Å². The van der Waals surface area contributed by atoms with Gasteiger partial charge in [0, 0.05) is 18.7 Å². The Bertz CT molecular complexity index is 819. The van der Waals surface area contributed by atoms with Crippen molar-refractivity contribution in [2.75, 3.05) is 18.8 Å². The zero-order valence-corrected chi connectivity index (χ0v) is 17.0. The summed E-state index contributed by atoms with van der Waals surface area (Å²) in [6.45, 7) is 1.19. The lowest BCUT2D eigenvalue weighted by molar-refractivity contribution is -0.123. The number of amidine groups is 1. The van der Waals surface area contributed by atoms with Gasteiger partial charge >= 0.3 is 0 Å². The molecule has 0 radical (unpaired) electrons. The van der Waals surface area contributed by atoms with Crippen LogP contribution in [0.25, 0.3) is 6.08 Å². The molecule has 1 fully saturated rings. The molecule has 1 N–H and O–H groups in total. The van der Waals surface area contributed by atoms with Gasteiger partial charge in [0.25, 0.3) is 5.91 Å². The molecule has 2 amide bonds. The van der Waals surface area contributed by atoms with Gasteiger partial charge in [0.15, 0.2) is 5.17 Å². The summed E-state index contributed by atoms with van der Waals surface area (Å²) in [5, 5.41) is 3.48. The number of nitrogens with one attached hydrogen (secondary N) is 1. The molecule has 1 aromatic carbocycles. The Kier molecular flexibility index (Phi) is 7.25. The number of hydrogen-bond donors (Lipinski definition) is 1. The summed E-state index contributed by atoms with van der Waals surface area (Å²) in [6.07, 6.45) is 6.48. The fraction of sp³-hybridized carbons (Fsp3) is 0.263. The Hall–Kier alpha value is -1.90. The molecule has 2 aliphatic heterocycles. The molecule has 140 valence electrons. The average molecular weight is 418 g/mol. The summed E-state index contributed by atoms with van der Waals surface area (Å²) in [5.74, 6) is 0.741. The Morgan fingerprint density at radius 3 is 2.89 bits per heavy atom. The Labute approximate surface area is 172 Å². The van der Waals surface area contributed by atoms with Gasteiger partial charge in [-0.05, 0) is 18.1 Å². The molecule has 3 rings (SSSR count). The van der Waals surface area contributed by atoms with Crippen molar-refractivity contribution in [1.82, 2.24) is 10.2 Å². The maximum absolute atomic E-state index is 12.5. The molecule has 2 aliphatic rings. The third-order valence-electron chi connectivity index (χ3n) is 3.83. The van der Waals surface area contributed by atoms with Crippen molar-refractivity contribution in [2.24, 2.45) is 4.99 Å². The lowest BCUT2D eigenvalue weighted by Gasteiger charge is -2.13. The van der Waals surface area contributed by atoms with Crippen LogP contribution in [0.2, 0.25) is 0 Å². The lowest BCUT2D eigenvalue weighted by Crippen LogP contribution is -2.31.